The number of amides is 1. The molecule has 0 aliphatic heterocycles. The SMILES string of the molecule is Cc1ccc(NC(=O)c2ccnc(C(F)(F)F)c2)cc1-c1cc2cncnc2nc1Cl. The second-order valence-electron chi connectivity index (χ2n) is 6.67. The first-order chi connectivity index (χ1) is 14.7. The summed E-state index contributed by atoms with van der Waals surface area (Å²) in [4.78, 5) is 28.1. The van der Waals surface area contributed by atoms with Gasteiger partial charge in [0.25, 0.3) is 5.91 Å². The number of carbonyl (C=O) groups excluding carboxylic acids is 1. The number of fused-ring (bicyclic) bond motifs is 1. The Hall–Kier alpha value is -3.59. The number of nitrogens with one attached hydrogen (secondary N) is 1. The van der Waals surface area contributed by atoms with E-state index in [1.54, 1.807) is 30.5 Å². The summed E-state index contributed by atoms with van der Waals surface area (Å²) < 4.78 is 38.6. The van der Waals surface area contributed by atoms with Crippen LogP contribution in [0.1, 0.15) is 21.6 Å². The summed E-state index contributed by atoms with van der Waals surface area (Å²) in [5.74, 6) is -0.696. The Morgan fingerprint density at radius 2 is 1.87 bits per heavy atom. The summed E-state index contributed by atoms with van der Waals surface area (Å²) in [7, 11) is 0. The van der Waals surface area contributed by atoms with Crippen molar-refractivity contribution in [1.29, 1.82) is 0 Å². The molecule has 0 radical (unpaired) electrons. The van der Waals surface area contributed by atoms with E-state index in [-0.39, 0.29) is 10.7 Å². The number of anilines is 1. The molecular weight excluding hydrogens is 431 g/mol. The highest BCUT2D eigenvalue weighted by Gasteiger charge is 2.33. The van der Waals surface area contributed by atoms with Gasteiger partial charge in [-0.05, 0) is 48.4 Å². The molecule has 4 rings (SSSR count). The molecule has 6 nitrogen and oxygen atoms in total. The number of aryl methyl sites for hydroxylation is 1. The van der Waals surface area contributed by atoms with Crippen LogP contribution in [0.2, 0.25) is 5.15 Å². The van der Waals surface area contributed by atoms with Crippen LogP contribution in [0.5, 0.6) is 0 Å². The van der Waals surface area contributed by atoms with Gasteiger partial charge >= 0.3 is 6.18 Å². The van der Waals surface area contributed by atoms with Gasteiger partial charge in [0, 0.05) is 34.6 Å². The molecule has 0 spiro atoms. The van der Waals surface area contributed by atoms with Crippen molar-refractivity contribution in [2.24, 2.45) is 0 Å². The number of hydrogen-bond donors (Lipinski definition) is 1. The largest absolute Gasteiger partial charge is 0.433 e. The number of nitrogens with zero attached hydrogens (tertiary/aromatic N) is 4. The minimum atomic E-state index is -4.64. The fourth-order valence-electron chi connectivity index (χ4n) is 3.01. The van der Waals surface area contributed by atoms with E-state index in [1.807, 2.05) is 6.92 Å². The highest BCUT2D eigenvalue weighted by atomic mass is 35.5. The molecular formula is C21H13ClF3N5O. The molecule has 0 atom stereocenters. The summed E-state index contributed by atoms with van der Waals surface area (Å²) in [5, 5.41) is 3.52. The van der Waals surface area contributed by atoms with Crippen molar-refractivity contribution >= 4 is 34.2 Å². The second kappa shape index (κ2) is 7.92. The standard InChI is InChI=1S/C21H13ClF3N5O/c1-11-2-3-14(29-20(31)12-4-5-27-17(7-12)21(23,24)25)8-15(11)16-6-13-9-26-10-28-19(13)30-18(16)22/h2-10H,1H3,(H,29,31). The normalized spacial score (nSPS) is 11.5. The van der Waals surface area contributed by atoms with Gasteiger partial charge in [-0.3, -0.25) is 9.78 Å². The van der Waals surface area contributed by atoms with Crippen molar-refractivity contribution in [3.05, 3.63) is 77.1 Å². The smallest absolute Gasteiger partial charge is 0.322 e. The van der Waals surface area contributed by atoms with Gasteiger partial charge in [0.15, 0.2) is 5.65 Å². The van der Waals surface area contributed by atoms with E-state index in [1.165, 1.54) is 12.4 Å². The zero-order valence-electron chi connectivity index (χ0n) is 15.9. The molecule has 0 aliphatic carbocycles. The Balaban J connectivity index is 1.68. The van der Waals surface area contributed by atoms with Crippen LogP contribution in [0, 0.1) is 6.92 Å². The van der Waals surface area contributed by atoms with E-state index in [2.05, 4.69) is 25.3 Å². The predicted molar refractivity (Wildman–Crippen MR) is 110 cm³/mol. The Morgan fingerprint density at radius 3 is 2.65 bits per heavy atom. The molecule has 0 saturated carbocycles. The monoisotopic (exact) mass is 443 g/mol. The van der Waals surface area contributed by atoms with Gasteiger partial charge in [-0.25, -0.2) is 15.0 Å². The highest BCUT2D eigenvalue weighted by Crippen LogP contribution is 2.33. The average molecular weight is 444 g/mol. The highest BCUT2D eigenvalue weighted by molar-refractivity contribution is 6.32. The Bertz CT molecular complexity index is 1310. The van der Waals surface area contributed by atoms with Gasteiger partial charge in [0.2, 0.25) is 0 Å². The van der Waals surface area contributed by atoms with Crippen LogP contribution < -0.4 is 5.32 Å². The number of halogens is 4. The molecule has 3 heterocycles. The van der Waals surface area contributed by atoms with Crippen LogP contribution in [0.3, 0.4) is 0 Å². The number of alkyl halides is 3. The molecule has 4 aromatic rings. The van der Waals surface area contributed by atoms with Crippen molar-refractivity contribution in [3.63, 3.8) is 0 Å². The van der Waals surface area contributed by atoms with Crippen molar-refractivity contribution < 1.29 is 18.0 Å². The maximum atomic E-state index is 12.9. The number of hydrogen-bond acceptors (Lipinski definition) is 5. The topological polar surface area (TPSA) is 80.7 Å². The van der Waals surface area contributed by atoms with Crippen LogP contribution in [0.15, 0.2) is 55.1 Å². The van der Waals surface area contributed by atoms with E-state index in [4.69, 9.17) is 11.6 Å². The number of aromatic nitrogens is 4. The third-order valence-electron chi connectivity index (χ3n) is 4.54. The first-order valence-electron chi connectivity index (χ1n) is 8.94. The molecule has 156 valence electrons. The zero-order chi connectivity index (χ0) is 22.2. The molecule has 1 aromatic carbocycles. The molecule has 0 unspecified atom stereocenters. The fraction of sp³-hybridized carbons (Fsp3) is 0.0952. The van der Waals surface area contributed by atoms with Crippen molar-refractivity contribution in [1.82, 2.24) is 19.9 Å². The molecule has 0 fully saturated rings. The van der Waals surface area contributed by atoms with Crippen molar-refractivity contribution in [2.45, 2.75) is 13.1 Å². The summed E-state index contributed by atoms with van der Waals surface area (Å²) >= 11 is 6.35. The fourth-order valence-corrected chi connectivity index (χ4v) is 3.24. The Labute approximate surface area is 179 Å². The van der Waals surface area contributed by atoms with E-state index < -0.39 is 17.8 Å². The molecule has 0 saturated heterocycles. The maximum absolute atomic E-state index is 12.9. The average Bonchev–Trinajstić information content (AvgIpc) is 2.74. The molecule has 0 aliphatic rings. The lowest BCUT2D eigenvalue weighted by molar-refractivity contribution is -0.141. The van der Waals surface area contributed by atoms with E-state index in [9.17, 15) is 18.0 Å². The van der Waals surface area contributed by atoms with Crippen LogP contribution in [-0.4, -0.2) is 25.8 Å². The molecule has 3 aromatic heterocycles. The number of rotatable bonds is 3. The lowest BCUT2D eigenvalue weighted by atomic mass is 10.0. The molecule has 31 heavy (non-hydrogen) atoms. The van der Waals surface area contributed by atoms with Gasteiger partial charge in [-0.2, -0.15) is 13.2 Å². The van der Waals surface area contributed by atoms with E-state index in [0.29, 0.717) is 33.9 Å². The first-order valence-corrected chi connectivity index (χ1v) is 9.32. The van der Waals surface area contributed by atoms with Gasteiger partial charge in [0.05, 0.1) is 0 Å². The number of pyridine rings is 2. The summed E-state index contributed by atoms with van der Waals surface area (Å²) in [6.45, 7) is 1.86. The number of carbonyl (C=O) groups is 1. The van der Waals surface area contributed by atoms with Gasteiger partial charge in [-0.1, -0.05) is 17.7 Å². The first kappa shape index (κ1) is 20.7. The van der Waals surface area contributed by atoms with Crippen molar-refractivity contribution in [2.75, 3.05) is 5.32 Å². The Kier molecular flexibility index (Phi) is 5.28. The Morgan fingerprint density at radius 1 is 1.06 bits per heavy atom. The van der Waals surface area contributed by atoms with Crippen LogP contribution in [0.25, 0.3) is 22.2 Å². The molecule has 1 amide bonds. The predicted octanol–water partition coefficient (Wildman–Crippen LogP) is 5.32. The second-order valence-corrected chi connectivity index (χ2v) is 7.03. The van der Waals surface area contributed by atoms with E-state index >= 15 is 0 Å². The summed E-state index contributed by atoms with van der Waals surface area (Å²) in [5.41, 5.74) is 1.71. The third-order valence-corrected chi connectivity index (χ3v) is 4.83. The molecule has 0 bridgehead atoms. The molecule has 10 heteroatoms. The summed E-state index contributed by atoms with van der Waals surface area (Å²) in [6.07, 6.45) is -0.717. The minimum Gasteiger partial charge on any atom is -0.322 e. The zero-order valence-corrected chi connectivity index (χ0v) is 16.7. The van der Waals surface area contributed by atoms with Crippen molar-refractivity contribution in [3.8, 4) is 11.1 Å². The quantitative estimate of drug-likeness (QED) is 0.433. The van der Waals surface area contributed by atoms with Crippen LogP contribution in [0.4, 0.5) is 18.9 Å². The third kappa shape index (κ3) is 4.31. The number of benzene rings is 1. The van der Waals surface area contributed by atoms with Crippen LogP contribution in [-0.2, 0) is 6.18 Å². The summed E-state index contributed by atoms with van der Waals surface area (Å²) in [6, 6.07) is 8.79. The maximum Gasteiger partial charge on any atom is 0.433 e. The van der Waals surface area contributed by atoms with Gasteiger partial charge in [0.1, 0.15) is 17.2 Å². The lowest BCUT2D eigenvalue weighted by Crippen LogP contribution is -2.15. The van der Waals surface area contributed by atoms with E-state index in [0.717, 1.165) is 11.8 Å². The minimum absolute atomic E-state index is 0.160. The van der Waals surface area contributed by atoms with Gasteiger partial charge in [-0.15, -0.1) is 0 Å². The van der Waals surface area contributed by atoms with Crippen LogP contribution >= 0.6 is 11.6 Å². The lowest BCUT2D eigenvalue weighted by Gasteiger charge is -2.13. The van der Waals surface area contributed by atoms with Gasteiger partial charge < -0.3 is 5.32 Å². The molecule has 1 N–H and O–H groups in total.